The Hall–Kier alpha value is -0.950. The van der Waals surface area contributed by atoms with Gasteiger partial charge in [0, 0.05) is 31.7 Å². The third-order valence-corrected chi connectivity index (χ3v) is 3.61. The van der Waals surface area contributed by atoms with Gasteiger partial charge in [-0.1, -0.05) is 17.7 Å². The molecule has 0 aliphatic carbocycles. The summed E-state index contributed by atoms with van der Waals surface area (Å²) in [6.07, 6.45) is 0. The number of benzene rings is 1. The van der Waals surface area contributed by atoms with E-state index >= 15 is 0 Å². The lowest BCUT2D eigenvalue weighted by Crippen LogP contribution is -2.51. The zero-order valence-electron chi connectivity index (χ0n) is 11.9. The van der Waals surface area contributed by atoms with Crippen LogP contribution in [-0.2, 0) is 0 Å². The van der Waals surface area contributed by atoms with Crippen LogP contribution >= 0.6 is 12.4 Å². The predicted molar refractivity (Wildman–Crippen MR) is 79.3 cm³/mol. The smallest absolute Gasteiger partial charge is 0.290 e. The van der Waals surface area contributed by atoms with E-state index in [0.29, 0.717) is 26.2 Å². The molecule has 0 aromatic heterocycles. The van der Waals surface area contributed by atoms with Crippen LogP contribution in [0, 0.1) is 6.92 Å². The van der Waals surface area contributed by atoms with Crippen LogP contribution in [0.25, 0.3) is 0 Å². The summed E-state index contributed by atoms with van der Waals surface area (Å²) in [6, 6.07) is 3.35. The van der Waals surface area contributed by atoms with Gasteiger partial charge in [0.25, 0.3) is 5.92 Å². The molecule has 1 aliphatic heterocycles. The van der Waals surface area contributed by atoms with Crippen molar-refractivity contribution in [3.8, 4) is 5.75 Å². The number of alkyl halides is 2. The first-order valence-corrected chi connectivity index (χ1v) is 6.68. The number of hydrogen-bond acceptors (Lipinski definition) is 4. The lowest BCUT2D eigenvalue weighted by Gasteiger charge is -2.39. The molecular weight excluding hydrogens is 302 g/mol. The molecule has 1 aromatic rings. The van der Waals surface area contributed by atoms with Gasteiger partial charge < -0.3 is 15.5 Å². The Balaban J connectivity index is 0.00000220. The molecule has 0 amide bonds. The molecule has 21 heavy (non-hydrogen) atoms. The minimum atomic E-state index is -3.30. The summed E-state index contributed by atoms with van der Waals surface area (Å²) in [5.41, 5.74) is 0.970. The van der Waals surface area contributed by atoms with Crippen molar-refractivity contribution < 1.29 is 19.0 Å². The second-order valence-electron chi connectivity index (χ2n) is 5.17. The molecule has 2 rings (SSSR count). The molecule has 1 heterocycles. The van der Waals surface area contributed by atoms with Crippen LogP contribution in [0.5, 0.6) is 5.75 Å². The van der Waals surface area contributed by atoms with Crippen molar-refractivity contribution in [1.82, 2.24) is 10.2 Å². The van der Waals surface area contributed by atoms with Gasteiger partial charge in [0.15, 0.2) is 0 Å². The van der Waals surface area contributed by atoms with Gasteiger partial charge in [0.05, 0.1) is 0 Å². The number of nitrogens with zero attached hydrogens (tertiary/aromatic N) is 1. The molecule has 0 unspecified atom stereocenters. The molecular formula is C14H21ClF2N2O2. The summed E-state index contributed by atoms with van der Waals surface area (Å²) < 4.78 is 28.4. The molecule has 120 valence electrons. The highest BCUT2D eigenvalue weighted by Gasteiger charge is 2.45. The topological polar surface area (TPSA) is 55.7 Å². The Morgan fingerprint density at radius 1 is 1.33 bits per heavy atom. The maximum Gasteiger partial charge on any atom is 0.290 e. The van der Waals surface area contributed by atoms with E-state index in [2.05, 4.69) is 5.32 Å². The van der Waals surface area contributed by atoms with E-state index in [1.807, 2.05) is 0 Å². The highest BCUT2D eigenvalue weighted by atomic mass is 35.5. The van der Waals surface area contributed by atoms with Crippen LogP contribution in [-0.4, -0.2) is 53.8 Å². The molecule has 4 nitrogen and oxygen atoms in total. The fourth-order valence-corrected chi connectivity index (χ4v) is 2.61. The van der Waals surface area contributed by atoms with Gasteiger partial charge in [-0.05, 0) is 13.0 Å². The van der Waals surface area contributed by atoms with E-state index in [9.17, 15) is 13.9 Å². The number of phenols is 1. The van der Waals surface area contributed by atoms with Crippen molar-refractivity contribution in [2.45, 2.75) is 18.9 Å². The number of piperazine rings is 1. The maximum absolute atomic E-state index is 14.2. The summed E-state index contributed by atoms with van der Waals surface area (Å²) in [5, 5.41) is 22.1. The van der Waals surface area contributed by atoms with Crippen molar-refractivity contribution in [3.05, 3.63) is 29.3 Å². The molecule has 7 heteroatoms. The quantitative estimate of drug-likeness (QED) is 0.790. The average molecular weight is 323 g/mol. The highest BCUT2D eigenvalue weighted by molar-refractivity contribution is 5.85. The minimum absolute atomic E-state index is 0. The Bertz CT molecular complexity index is 468. The first kappa shape index (κ1) is 18.1. The monoisotopic (exact) mass is 322 g/mol. The van der Waals surface area contributed by atoms with Crippen LogP contribution in [0.4, 0.5) is 8.78 Å². The molecule has 1 fully saturated rings. The predicted octanol–water partition coefficient (Wildman–Crippen LogP) is 1.70. The second-order valence-corrected chi connectivity index (χ2v) is 5.17. The largest absolute Gasteiger partial charge is 0.508 e. The molecule has 0 saturated carbocycles. The summed E-state index contributed by atoms with van der Waals surface area (Å²) in [7, 11) is 0. The SMILES string of the molecule is Cc1ccc(O)c([C@H](N2CCNCC2)C(F)(F)CO)c1.Cl. The summed E-state index contributed by atoms with van der Waals surface area (Å²) in [6.45, 7) is 2.68. The molecule has 1 atom stereocenters. The molecule has 1 aliphatic rings. The summed E-state index contributed by atoms with van der Waals surface area (Å²) >= 11 is 0. The van der Waals surface area contributed by atoms with E-state index in [-0.39, 0.29) is 23.7 Å². The van der Waals surface area contributed by atoms with E-state index in [1.54, 1.807) is 24.0 Å². The lowest BCUT2D eigenvalue weighted by atomic mass is 9.96. The van der Waals surface area contributed by atoms with Crippen LogP contribution in [0.15, 0.2) is 18.2 Å². The second kappa shape index (κ2) is 7.35. The number of rotatable bonds is 4. The zero-order chi connectivity index (χ0) is 14.8. The van der Waals surface area contributed by atoms with E-state index < -0.39 is 18.6 Å². The summed E-state index contributed by atoms with van der Waals surface area (Å²) in [5.74, 6) is -3.46. The number of aryl methyl sites for hydroxylation is 1. The average Bonchev–Trinajstić information content (AvgIpc) is 2.44. The number of halogens is 3. The number of hydrogen-bond donors (Lipinski definition) is 3. The van der Waals surface area contributed by atoms with Gasteiger partial charge in [-0.2, -0.15) is 0 Å². The van der Waals surface area contributed by atoms with Crippen LogP contribution in [0.2, 0.25) is 0 Å². The van der Waals surface area contributed by atoms with Gasteiger partial charge in [0.1, 0.15) is 18.4 Å². The van der Waals surface area contributed by atoms with Gasteiger partial charge in [-0.25, -0.2) is 8.78 Å². The van der Waals surface area contributed by atoms with Gasteiger partial charge in [0.2, 0.25) is 0 Å². The third kappa shape index (κ3) is 4.03. The van der Waals surface area contributed by atoms with Crippen LogP contribution in [0.1, 0.15) is 17.2 Å². The fraction of sp³-hybridized carbons (Fsp3) is 0.571. The minimum Gasteiger partial charge on any atom is -0.508 e. The Kier molecular flexibility index (Phi) is 6.34. The van der Waals surface area contributed by atoms with Crippen LogP contribution < -0.4 is 5.32 Å². The molecule has 0 bridgehead atoms. The van der Waals surface area contributed by atoms with E-state index in [1.165, 1.54) is 6.07 Å². The molecule has 1 saturated heterocycles. The third-order valence-electron chi connectivity index (χ3n) is 3.61. The van der Waals surface area contributed by atoms with Gasteiger partial charge >= 0.3 is 0 Å². The van der Waals surface area contributed by atoms with Gasteiger partial charge in [-0.3, -0.25) is 4.90 Å². The highest BCUT2D eigenvalue weighted by Crippen LogP contribution is 2.40. The number of phenolic OH excluding ortho intramolecular Hbond substituents is 1. The Morgan fingerprint density at radius 2 is 1.95 bits per heavy atom. The first-order valence-electron chi connectivity index (χ1n) is 6.68. The maximum atomic E-state index is 14.2. The van der Waals surface area contributed by atoms with Crippen LogP contribution in [0.3, 0.4) is 0 Å². The van der Waals surface area contributed by atoms with E-state index in [0.717, 1.165) is 5.56 Å². The van der Waals surface area contributed by atoms with Crippen molar-refractivity contribution in [2.75, 3.05) is 32.8 Å². The van der Waals surface area contributed by atoms with Crippen molar-refractivity contribution in [2.24, 2.45) is 0 Å². The standard InChI is InChI=1S/C14H20F2N2O2.ClH/c1-10-2-3-12(20)11(8-10)13(14(15,16)9-19)18-6-4-17-5-7-18;/h2-3,8,13,17,19-20H,4-7,9H2,1H3;1H/t13-;/m0./s1. The Morgan fingerprint density at radius 3 is 2.52 bits per heavy atom. The number of nitrogens with one attached hydrogen (secondary N) is 1. The molecule has 0 radical (unpaired) electrons. The molecule has 0 spiro atoms. The fourth-order valence-electron chi connectivity index (χ4n) is 2.61. The zero-order valence-corrected chi connectivity index (χ0v) is 12.7. The molecule has 3 N–H and O–H groups in total. The van der Waals surface area contributed by atoms with Crippen molar-refractivity contribution in [1.29, 1.82) is 0 Å². The van der Waals surface area contributed by atoms with E-state index in [4.69, 9.17) is 5.11 Å². The Labute approximate surface area is 129 Å². The molecule has 1 aromatic carbocycles. The van der Waals surface area contributed by atoms with Crippen molar-refractivity contribution in [3.63, 3.8) is 0 Å². The number of aliphatic hydroxyl groups excluding tert-OH is 1. The lowest BCUT2D eigenvalue weighted by molar-refractivity contribution is -0.119. The number of aliphatic hydroxyl groups is 1. The normalized spacial score (nSPS) is 18.1. The van der Waals surface area contributed by atoms with Crippen molar-refractivity contribution >= 4 is 12.4 Å². The van der Waals surface area contributed by atoms with Gasteiger partial charge in [-0.15, -0.1) is 12.4 Å². The first-order chi connectivity index (χ1) is 9.45. The number of aromatic hydroxyl groups is 1. The summed E-state index contributed by atoms with van der Waals surface area (Å²) in [4.78, 5) is 1.61.